The van der Waals surface area contributed by atoms with Crippen molar-refractivity contribution in [3.05, 3.63) is 22.4 Å². The van der Waals surface area contributed by atoms with E-state index < -0.39 is 0 Å². The number of carbonyl (C=O) groups excluding carboxylic acids is 2. The van der Waals surface area contributed by atoms with Gasteiger partial charge in [-0.1, -0.05) is 6.07 Å². The molecule has 2 aliphatic heterocycles. The summed E-state index contributed by atoms with van der Waals surface area (Å²) in [5.41, 5.74) is -0.0966. The van der Waals surface area contributed by atoms with E-state index in [-0.39, 0.29) is 23.3 Å². The summed E-state index contributed by atoms with van der Waals surface area (Å²) in [5.74, 6) is -0.00527. The van der Waals surface area contributed by atoms with Crippen molar-refractivity contribution in [2.45, 2.75) is 32.2 Å². The molecule has 1 atom stereocenters. The molecule has 26 heavy (non-hydrogen) atoms. The molecule has 6 nitrogen and oxygen atoms in total. The van der Waals surface area contributed by atoms with Crippen molar-refractivity contribution >= 4 is 23.2 Å². The second-order valence-electron chi connectivity index (χ2n) is 7.70. The summed E-state index contributed by atoms with van der Waals surface area (Å²) in [5, 5.41) is 5.04. The second-order valence-corrected chi connectivity index (χ2v) is 8.64. The van der Waals surface area contributed by atoms with Crippen molar-refractivity contribution in [2.75, 3.05) is 45.9 Å². The van der Waals surface area contributed by atoms with Gasteiger partial charge >= 0.3 is 0 Å². The number of rotatable bonds is 5. The molecule has 0 unspecified atom stereocenters. The van der Waals surface area contributed by atoms with Crippen LogP contribution in [0.15, 0.2) is 17.5 Å². The Hall–Kier alpha value is -1.44. The first-order valence-corrected chi connectivity index (χ1v) is 10.3. The minimum atomic E-state index is -0.117. The molecule has 0 aliphatic carbocycles. The molecule has 0 spiro atoms. The Morgan fingerprint density at radius 1 is 1.31 bits per heavy atom. The molecule has 2 saturated heterocycles. The maximum Gasteiger partial charge on any atom is 0.263 e. The van der Waals surface area contributed by atoms with Gasteiger partial charge < -0.3 is 15.0 Å². The zero-order valence-electron chi connectivity index (χ0n) is 15.7. The number of nitrogens with one attached hydrogen (secondary N) is 1. The van der Waals surface area contributed by atoms with Crippen LogP contribution in [-0.2, 0) is 9.53 Å². The number of morpholine rings is 1. The van der Waals surface area contributed by atoms with Crippen LogP contribution in [0.1, 0.15) is 36.4 Å². The molecular formula is C19H29N3O3S. The van der Waals surface area contributed by atoms with Gasteiger partial charge in [-0.05, 0) is 38.1 Å². The van der Waals surface area contributed by atoms with Crippen LogP contribution in [0.4, 0.5) is 0 Å². The lowest BCUT2D eigenvalue weighted by Crippen LogP contribution is -2.56. The fourth-order valence-corrected chi connectivity index (χ4v) is 4.35. The number of hydrogen-bond donors (Lipinski definition) is 1. The van der Waals surface area contributed by atoms with Gasteiger partial charge in [0.1, 0.15) is 0 Å². The van der Waals surface area contributed by atoms with E-state index in [0.29, 0.717) is 13.1 Å². The maximum absolute atomic E-state index is 12.7. The summed E-state index contributed by atoms with van der Waals surface area (Å²) in [4.78, 5) is 30.2. The van der Waals surface area contributed by atoms with Crippen molar-refractivity contribution in [3.8, 4) is 0 Å². The van der Waals surface area contributed by atoms with E-state index in [9.17, 15) is 9.59 Å². The number of hydrogen-bond acceptors (Lipinski definition) is 5. The zero-order valence-corrected chi connectivity index (χ0v) is 16.5. The number of carbonyl (C=O) groups is 2. The summed E-state index contributed by atoms with van der Waals surface area (Å²) < 4.78 is 5.41. The standard InChI is InChI=1S/C19H29N3O3S/c1-19(2,22-8-10-25-11-9-22)14-20-17(23)15-5-3-7-21(13-15)18(24)16-6-4-12-26-16/h4,6,12,15H,3,5,7-11,13-14H2,1-2H3,(H,20,23)/t15-/m1/s1. The highest BCUT2D eigenvalue weighted by Crippen LogP contribution is 2.21. The molecule has 1 aromatic heterocycles. The lowest BCUT2D eigenvalue weighted by Gasteiger charge is -2.41. The quantitative estimate of drug-likeness (QED) is 0.848. The smallest absolute Gasteiger partial charge is 0.263 e. The van der Waals surface area contributed by atoms with Gasteiger partial charge in [-0.25, -0.2) is 0 Å². The normalized spacial score (nSPS) is 22.2. The van der Waals surface area contributed by atoms with Crippen LogP contribution in [0.5, 0.6) is 0 Å². The van der Waals surface area contributed by atoms with Crippen LogP contribution in [0.25, 0.3) is 0 Å². The fourth-order valence-electron chi connectivity index (χ4n) is 3.66. The largest absolute Gasteiger partial charge is 0.379 e. The predicted octanol–water partition coefficient (Wildman–Crippen LogP) is 1.83. The van der Waals surface area contributed by atoms with Gasteiger partial charge in [0.15, 0.2) is 0 Å². The monoisotopic (exact) mass is 379 g/mol. The van der Waals surface area contributed by atoms with E-state index in [0.717, 1.165) is 50.6 Å². The first-order valence-electron chi connectivity index (χ1n) is 9.41. The molecule has 2 aliphatic rings. The van der Waals surface area contributed by atoms with Gasteiger partial charge in [-0.15, -0.1) is 11.3 Å². The Balaban J connectivity index is 1.51. The van der Waals surface area contributed by atoms with Gasteiger partial charge in [0.2, 0.25) is 5.91 Å². The predicted molar refractivity (Wildman–Crippen MR) is 102 cm³/mol. The van der Waals surface area contributed by atoms with Crippen molar-refractivity contribution < 1.29 is 14.3 Å². The highest BCUT2D eigenvalue weighted by Gasteiger charge is 2.32. The number of thiophene rings is 1. The Bertz CT molecular complexity index is 612. The molecule has 0 saturated carbocycles. The zero-order chi connectivity index (χ0) is 18.6. The lowest BCUT2D eigenvalue weighted by molar-refractivity contribution is -0.127. The third-order valence-electron chi connectivity index (χ3n) is 5.37. The number of nitrogens with zero attached hydrogens (tertiary/aromatic N) is 2. The van der Waals surface area contributed by atoms with Gasteiger partial charge in [-0.3, -0.25) is 14.5 Å². The molecule has 3 rings (SSSR count). The highest BCUT2D eigenvalue weighted by molar-refractivity contribution is 7.12. The summed E-state index contributed by atoms with van der Waals surface area (Å²) in [7, 11) is 0. The average Bonchev–Trinajstić information content (AvgIpc) is 3.21. The van der Waals surface area contributed by atoms with Gasteiger partial charge in [0.05, 0.1) is 24.0 Å². The molecule has 1 aromatic rings. The third-order valence-corrected chi connectivity index (χ3v) is 6.23. The SMILES string of the molecule is CC(C)(CNC(=O)[C@@H]1CCCN(C(=O)c2cccs2)C1)N1CCOCC1. The summed E-state index contributed by atoms with van der Waals surface area (Å²) in [6.45, 7) is 9.48. The van der Waals surface area contributed by atoms with Crippen molar-refractivity contribution in [2.24, 2.45) is 5.92 Å². The van der Waals surface area contributed by atoms with E-state index in [2.05, 4.69) is 24.1 Å². The minimum Gasteiger partial charge on any atom is -0.379 e. The lowest BCUT2D eigenvalue weighted by atomic mass is 9.96. The topological polar surface area (TPSA) is 61.9 Å². The van der Waals surface area contributed by atoms with Crippen LogP contribution >= 0.6 is 11.3 Å². The number of ether oxygens (including phenoxy) is 1. The maximum atomic E-state index is 12.7. The third kappa shape index (κ3) is 4.64. The Kier molecular flexibility index (Phi) is 6.32. The Morgan fingerprint density at radius 2 is 2.08 bits per heavy atom. The summed E-state index contributed by atoms with van der Waals surface area (Å²) in [6.07, 6.45) is 1.72. The first kappa shape index (κ1) is 19.3. The highest BCUT2D eigenvalue weighted by atomic mass is 32.1. The van der Waals surface area contributed by atoms with Crippen LogP contribution < -0.4 is 5.32 Å². The van der Waals surface area contributed by atoms with Gasteiger partial charge in [0, 0.05) is 38.3 Å². The minimum absolute atomic E-state index is 0.0474. The average molecular weight is 380 g/mol. The molecule has 144 valence electrons. The van der Waals surface area contributed by atoms with E-state index in [1.807, 2.05) is 22.4 Å². The Morgan fingerprint density at radius 3 is 2.77 bits per heavy atom. The van der Waals surface area contributed by atoms with Crippen LogP contribution in [0.3, 0.4) is 0 Å². The Labute approximate surface area is 159 Å². The van der Waals surface area contributed by atoms with Crippen molar-refractivity contribution in [1.82, 2.24) is 15.1 Å². The van der Waals surface area contributed by atoms with E-state index in [1.165, 1.54) is 11.3 Å². The molecule has 0 radical (unpaired) electrons. The first-order chi connectivity index (χ1) is 12.5. The number of amides is 2. The molecular weight excluding hydrogens is 350 g/mol. The molecule has 0 bridgehead atoms. The molecule has 3 heterocycles. The summed E-state index contributed by atoms with van der Waals surface area (Å²) in [6, 6.07) is 3.74. The van der Waals surface area contributed by atoms with Crippen LogP contribution in [-0.4, -0.2) is 73.1 Å². The molecule has 2 amide bonds. The van der Waals surface area contributed by atoms with Crippen LogP contribution in [0, 0.1) is 5.92 Å². The fraction of sp³-hybridized carbons (Fsp3) is 0.684. The molecule has 0 aromatic carbocycles. The van der Waals surface area contributed by atoms with Gasteiger partial charge in [-0.2, -0.15) is 0 Å². The number of likely N-dealkylation sites (tertiary alicyclic amines) is 1. The van der Waals surface area contributed by atoms with Crippen molar-refractivity contribution in [3.63, 3.8) is 0 Å². The van der Waals surface area contributed by atoms with Gasteiger partial charge in [0.25, 0.3) is 5.91 Å². The number of piperidine rings is 1. The second kappa shape index (κ2) is 8.50. The van der Waals surface area contributed by atoms with E-state index >= 15 is 0 Å². The van der Waals surface area contributed by atoms with Crippen LogP contribution in [0.2, 0.25) is 0 Å². The van der Waals surface area contributed by atoms with E-state index in [1.54, 1.807) is 0 Å². The molecule has 1 N–H and O–H groups in total. The molecule has 2 fully saturated rings. The van der Waals surface area contributed by atoms with E-state index in [4.69, 9.17) is 4.74 Å². The summed E-state index contributed by atoms with van der Waals surface area (Å²) >= 11 is 1.46. The molecule has 7 heteroatoms. The van der Waals surface area contributed by atoms with Crippen molar-refractivity contribution in [1.29, 1.82) is 0 Å².